The Labute approximate surface area is 136 Å². The number of rotatable bonds is 6. The quantitative estimate of drug-likeness (QED) is 0.786. The van der Waals surface area contributed by atoms with E-state index in [1.165, 1.54) is 0 Å². The van der Waals surface area contributed by atoms with Crippen LogP contribution in [0.4, 0.5) is 0 Å². The van der Waals surface area contributed by atoms with E-state index in [0.717, 1.165) is 33.2 Å². The van der Waals surface area contributed by atoms with Crippen molar-refractivity contribution in [2.75, 3.05) is 6.54 Å². The molecule has 0 saturated carbocycles. The number of pyridine rings is 1. The van der Waals surface area contributed by atoms with Crippen LogP contribution in [0.25, 0.3) is 0 Å². The van der Waals surface area contributed by atoms with Crippen LogP contribution in [-0.2, 0) is 13.2 Å². The molecule has 0 spiro atoms. The van der Waals surface area contributed by atoms with Crippen LogP contribution >= 0.6 is 31.9 Å². The standard InChI is InChI=1S/C15H16Br2N2O/c1-2-18-8-12-7-13(16)9-19-15(12)20-10-11-5-3-4-6-14(11)17/h3-7,9,18H,2,8,10H2,1H3. The van der Waals surface area contributed by atoms with E-state index in [9.17, 15) is 0 Å². The van der Waals surface area contributed by atoms with Crippen LogP contribution in [0.2, 0.25) is 0 Å². The molecular formula is C15H16Br2N2O. The molecular weight excluding hydrogens is 384 g/mol. The first-order valence-corrected chi connectivity index (χ1v) is 8.00. The molecule has 3 nitrogen and oxygen atoms in total. The Balaban J connectivity index is 2.10. The minimum absolute atomic E-state index is 0.495. The second kappa shape index (κ2) is 7.76. The third-order valence-electron chi connectivity index (χ3n) is 2.78. The number of ether oxygens (including phenoxy) is 1. The summed E-state index contributed by atoms with van der Waals surface area (Å²) in [6.45, 7) is 4.23. The minimum atomic E-state index is 0.495. The van der Waals surface area contributed by atoms with E-state index in [0.29, 0.717) is 12.5 Å². The highest BCUT2D eigenvalue weighted by atomic mass is 79.9. The minimum Gasteiger partial charge on any atom is -0.473 e. The Hall–Kier alpha value is -0.910. The molecule has 0 aliphatic rings. The predicted octanol–water partition coefficient (Wildman–Crippen LogP) is 4.30. The second-order valence-electron chi connectivity index (χ2n) is 4.28. The number of nitrogens with zero attached hydrogens (tertiary/aromatic N) is 1. The molecule has 106 valence electrons. The zero-order valence-corrected chi connectivity index (χ0v) is 14.4. The van der Waals surface area contributed by atoms with Crippen molar-refractivity contribution in [3.05, 3.63) is 56.6 Å². The summed E-state index contributed by atoms with van der Waals surface area (Å²) in [5.41, 5.74) is 2.15. The topological polar surface area (TPSA) is 34.2 Å². The van der Waals surface area contributed by atoms with Crippen LogP contribution in [0.1, 0.15) is 18.1 Å². The summed E-state index contributed by atoms with van der Waals surface area (Å²) < 4.78 is 7.86. The van der Waals surface area contributed by atoms with Crippen molar-refractivity contribution < 1.29 is 4.74 Å². The highest BCUT2D eigenvalue weighted by molar-refractivity contribution is 9.10. The normalized spacial score (nSPS) is 10.6. The smallest absolute Gasteiger partial charge is 0.218 e. The van der Waals surface area contributed by atoms with E-state index >= 15 is 0 Å². The number of aromatic nitrogens is 1. The molecule has 0 saturated heterocycles. The Morgan fingerprint density at radius 3 is 2.75 bits per heavy atom. The number of hydrogen-bond acceptors (Lipinski definition) is 3. The van der Waals surface area contributed by atoms with Crippen molar-refractivity contribution in [3.8, 4) is 5.88 Å². The Bertz CT molecular complexity index is 576. The Morgan fingerprint density at radius 2 is 2.00 bits per heavy atom. The van der Waals surface area contributed by atoms with Crippen molar-refractivity contribution in [1.82, 2.24) is 10.3 Å². The van der Waals surface area contributed by atoms with E-state index in [1.807, 2.05) is 30.3 Å². The van der Waals surface area contributed by atoms with Crippen molar-refractivity contribution in [2.45, 2.75) is 20.1 Å². The monoisotopic (exact) mass is 398 g/mol. The summed E-state index contributed by atoms with van der Waals surface area (Å²) in [4.78, 5) is 4.35. The number of nitrogens with one attached hydrogen (secondary N) is 1. The molecule has 0 aliphatic heterocycles. The van der Waals surface area contributed by atoms with Gasteiger partial charge in [0.25, 0.3) is 0 Å². The zero-order chi connectivity index (χ0) is 14.4. The second-order valence-corrected chi connectivity index (χ2v) is 6.05. The molecule has 0 amide bonds. The molecule has 5 heteroatoms. The summed E-state index contributed by atoms with van der Waals surface area (Å²) in [5, 5.41) is 3.29. The molecule has 1 heterocycles. The lowest BCUT2D eigenvalue weighted by Crippen LogP contribution is -2.13. The lowest BCUT2D eigenvalue weighted by Gasteiger charge is -2.12. The molecule has 0 fully saturated rings. The van der Waals surface area contributed by atoms with Gasteiger partial charge in [0.15, 0.2) is 0 Å². The van der Waals surface area contributed by atoms with Gasteiger partial charge in [-0.15, -0.1) is 0 Å². The van der Waals surface area contributed by atoms with Crippen LogP contribution in [0, 0.1) is 0 Å². The molecule has 2 rings (SSSR count). The lowest BCUT2D eigenvalue weighted by molar-refractivity contribution is 0.289. The summed E-state index contributed by atoms with van der Waals surface area (Å²) in [5.74, 6) is 0.671. The van der Waals surface area contributed by atoms with Gasteiger partial charge in [0.1, 0.15) is 6.61 Å². The third kappa shape index (κ3) is 4.30. The summed E-state index contributed by atoms with van der Waals surface area (Å²) in [6, 6.07) is 10.1. The molecule has 0 unspecified atom stereocenters. The van der Waals surface area contributed by atoms with Crippen molar-refractivity contribution >= 4 is 31.9 Å². The van der Waals surface area contributed by atoms with Gasteiger partial charge in [-0.25, -0.2) is 4.98 Å². The average molecular weight is 400 g/mol. The van der Waals surface area contributed by atoms with E-state index in [4.69, 9.17) is 4.74 Å². The summed E-state index contributed by atoms with van der Waals surface area (Å²) in [6.07, 6.45) is 1.75. The average Bonchev–Trinajstić information content (AvgIpc) is 2.45. The number of benzene rings is 1. The van der Waals surface area contributed by atoms with Gasteiger partial charge in [0.2, 0.25) is 5.88 Å². The van der Waals surface area contributed by atoms with Gasteiger partial charge in [-0.05, 0) is 34.6 Å². The maximum atomic E-state index is 5.85. The van der Waals surface area contributed by atoms with E-state index < -0.39 is 0 Å². The van der Waals surface area contributed by atoms with Gasteiger partial charge < -0.3 is 10.1 Å². The Morgan fingerprint density at radius 1 is 1.20 bits per heavy atom. The molecule has 1 aromatic carbocycles. The fourth-order valence-corrected chi connectivity index (χ4v) is 2.52. The highest BCUT2D eigenvalue weighted by Crippen LogP contribution is 2.22. The maximum absolute atomic E-state index is 5.85. The maximum Gasteiger partial charge on any atom is 0.218 e. The molecule has 0 atom stereocenters. The zero-order valence-electron chi connectivity index (χ0n) is 11.2. The van der Waals surface area contributed by atoms with Crippen molar-refractivity contribution in [2.24, 2.45) is 0 Å². The molecule has 0 radical (unpaired) electrons. The fourth-order valence-electron chi connectivity index (χ4n) is 1.75. The van der Waals surface area contributed by atoms with Crippen LogP contribution in [0.5, 0.6) is 5.88 Å². The van der Waals surface area contributed by atoms with E-state index in [2.05, 4.69) is 49.1 Å². The molecule has 20 heavy (non-hydrogen) atoms. The number of halogens is 2. The van der Waals surface area contributed by atoms with Gasteiger partial charge in [-0.1, -0.05) is 41.1 Å². The number of hydrogen-bond donors (Lipinski definition) is 1. The first-order chi connectivity index (χ1) is 9.70. The first-order valence-electron chi connectivity index (χ1n) is 6.42. The van der Waals surface area contributed by atoms with E-state index in [1.54, 1.807) is 6.20 Å². The lowest BCUT2D eigenvalue weighted by atomic mass is 10.2. The van der Waals surface area contributed by atoms with Gasteiger partial charge in [0, 0.05) is 32.8 Å². The molecule has 0 bridgehead atoms. The molecule has 0 aliphatic carbocycles. The van der Waals surface area contributed by atoms with E-state index in [-0.39, 0.29) is 0 Å². The van der Waals surface area contributed by atoms with Crippen molar-refractivity contribution in [3.63, 3.8) is 0 Å². The summed E-state index contributed by atoms with van der Waals surface area (Å²) >= 11 is 6.96. The molecule has 2 aromatic rings. The SMILES string of the molecule is CCNCc1cc(Br)cnc1OCc1ccccc1Br. The van der Waals surface area contributed by atoms with Gasteiger partial charge in [-0.3, -0.25) is 0 Å². The third-order valence-corrected chi connectivity index (χ3v) is 3.99. The van der Waals surface area contributed by atoms with Crippen LogP contribution < -0.4 is 10.1 Å². The molecule has 1 aromatic heterocycles. The molecule has 1 N–H and O–H groups in total. The largest absolute Gasteiger partial charge is 0.473 e. The van der Waals surface area contributed by atoms with Gasteiger partial charge >= 0.3 is 0 Å². The van der Waals surface area contributed by atoms with Gasteiger partial charge in [-0.2, -0.15) is 0 Å². The van der Waals surface area contributed by atoms with Gasteiger partial charge in [0.05, 0.1) is 0 Å². The predicted molar refractivity (Wildman–Crippen MR) is 87.8 cm³/mol. The van der Waals surface area contributed by atoms with Crippen LogP contribution in [0.3, 0.4) is 0 Å². The van der Waals surface area contributed by atoms with Crippen molar-refractivity contribution in [1.29, 1.82) is 0 Å². The highest BCUT2D eigenvalue weighted by Gasteiger charge is 2.07. The van der Waals surface area contributed by atoms with Crippen LogP contribution in [-0.4, -0.2) is 11.5 Å². The first kappa shape index (κ1) is 15.5. The fraction of sp³-hybridized carbons (Fsp3) is 0.267. The Kier molecular flexibility index (Phi) is 6.01. The summed E-state index contributed by atoms with van der Waals surface area (Å²) in [7, 11) is 0. The van der Waals surface area contributed by atoms with Crippen LogP contribution in [0.15, 0.2) is 45.5 Å².